The number of aryl methyl sites for hydroxylation is 1. The number of rotatable bonds is 5. The van der Waals surface area contributed by atoms with E-state index >= 15 is 0 Å². The number of hydrogen-bond acceptors (Lipinski definition) is 4. The maximum absolute atomic E-state index is 5.10. The van der Waals surface area contributed by atoms with Crippen LogP contribution in [0.15, 0.2) is 143 Å². The van der Waals surface area contributed by atoms with Gasteiger partial charge < -0.3 is 0 Å². The van der Waals surface area contributed by atoms with Crippen molar-refractivity contribution in [2.24, 2.45) is 0 Å². The molecule has 0 bridgehead atoms. The third-order valence-corrected chi connectivity index (χ3v) is 10.2. The predicted octanol–water partition coefficient (Wildman–Crippen LogP) is 10.8. The summed E-state index contributed by atoms with van der Waals surface area (Å²) < 4.78 is 0. The summed E-state index contributed by atoms with van der Waals surface area (Å²) in [5, 5.41) is 2.37. The molecule has 1 aromatic heterocycles. The lowest BCUT2D eigenvalue weighted by Crippen LogP contribution is -2.15. The first kappa shape index (κ1) is 27.5. The Labute approximate surface area is 268 Å². The monoisotopic (exact) mass is 597 g/mol. The second kappa shape index (κ2) is 10.8. The van der Waals surface area contributed by atoms with Crippen LogP contribution in [0.3, 0.4) is 0 Å². The highest BCUT2D eigenvalue weighted by atomic mass is 32.2. The molecule has 3 nitrogen and oxygen atoms in total. The Balaban J connectivity index is 1.25. The van der Waals surface area contributed by atoms with Crippen LogP contribution in [0.4, 0.5) is 0 Å². The van der Waals surface area contributed by atoms with E-state index in [0.29, 0.717) is 17.5 Å². The lowest BCUT2D eigenvalue weighted by atomic mass is 9.82. The van der Waals surface area contributed by atoms with E-state index in [1.54, 1.807) is 0 Å². The van der Waals surface area contributed by atoms with Crippen LogP contribution in [0.25, 0.3) is 56.1 Å². The van der Waals surface area contributed by atoms with Crippen LogP contribution < -0.4 is 0 Å². The predicted molar refractivity (Wildman–Crippen MR) is 187 cm³/mol. The Morgan fingerprint density at radius 1 is 0.489 bits per heavy atom. The molecule has 0 N–H and O–H groups in total. The maximum atomic E-state index is 5.10. The topological polar surface area (TPSA) is 38.7 Å². The molecule has 1 heterocycles. The third kappa shape index (κ3) is 4.83. The first-order chi connectivity index (χ1) is 22.0. The highest BCUT2D eigenvalue weighted by Crippen LogP contribution is 2.49. The van der Waals surface area contributed by atoms with Gasteiger partial charge in [0.2, 0.25) is 0 Å². The van der Waals surface area contributed by atoms with Crippen molar-refractivity contribution in [1.29, 1.82) is 0 Å². The Hall–Kier alpha value is -5.06. The lowest BCUT2D eigenvalue weighted by Gasteiger charge is -2.21. The van der Waals surface area contributed by atoms with Crippen LogP contribution in [-0.4, -0.2) is 15.0 Å². The molecule has 45 heavy (non-hydrogen) atoms. The lowest BCUT2D eigenvalue weighted by molar-refractivity contribution is 0.660. The van der Waals surface area contributed by atoms with Crippen molar-refractivity contribution < 1.29 is 0 Å². The smallest absolute Gasteiger partial charge is 0.164 e. The minimum atomic E-state index is -0.105. The fraction of sp³-hybridized carbons (Fsp3) is 0.0976. The average Bonchev–Trinajstić information content (AvgIpc) is 3.31. The molecule has 0 unspecified atom stereocenters. The molecule has 0 spiro atoms. The van der Waals surface area contributed by atoms with Crippen molar-refractivity contribution in [2.45, 2.75) is 36.0 Å². The average molecular weight is 598 g/mol. The molecular formula is C41H31N3S. The van der Waals surface area contributed by atoms with Gasteiger partial charge in [0.05, 0.1) is 0 Å². The number of nitrogens with zero attached hydrogens (tertiary/aromatic N) is 3. The Morgan fingerprint density at radius 3 is 1.91 bits per heavy atom. The first-order valence-corrected chi connectivity index (χ1v) is 16.1. The Bertz CT molecular complexity index is 2240. The van der Waals surface area contributed by atoms with Crippen LogP contribution in [0, 0.1) is 6.92 Å². The molecule has 0 fully saturated rings. The number of fused-ring (bicyclic) bond motifs is 4. The van der Waals surface area contributed by atoms with Crippen molar-refractivity contribution in [3.8, 4) is 45.3 Å². The summed E-state index contributed by atoms with van der Waals surface area (Å²) in [6.07, 6.45) is 0. The van der Waals surface area contributed by atoms with E-state index in [-0.39, 0.29) is 5.41 Å². The van der Waals surface area contributed by atoms with Crippen molar-refractivity contribution in [3.63, 3.8) is 0 Å². The van der Waals surface area contributed by atoms with Gasteiger partial charge in [0.15, 0.2) is 17.5 Å². The summed E-state index contributed by atoms with van der Waals surface area (Å²) in [7, 11) is 0. The van der Waals surface area contributed by atoms with E-state index in [0.717, 1.165) is 22.1 Å². The Morgan fingerprint density at radius 2 is 1.11 bits per heavy atom. The highest BCUT2D eigenvalue weighted by molar-refractivity contribution is 7.99. The summed E-state index contributed by atoms with van der Waals surface area (Å²) in [6, 6.07) is 47.1. The summed E-state index contributed by atoms with van der Waals surface area (Å²) >= 11 is 1.81. The largest absolute Gasteiger partial charge is 0.208 e. The van der Waals surface area contributed by atoms with Gasteiger partial charge in [-0.2, -0.15) is 0 Å². The van der Waals surface area contributed by atoms with E-state index in [1.807, 2.05) is 30.0 Å². The van der Waals surface area contributed by atoms with Gasteiger partial charge in [0, 0.05) is 31.9 Å². The van der Waals surface area contributed by atoms with Crippen LogP contribution in [0.5, 0.6) is 0 Å². The van der Waals surface area contributed by atoms with Gasteiger partial charge in [0.1, 0.15) is 0 Å². The molecule has 1 aliphatic carbocycles. The summed E-state index contributed by atoms with van der Waals surface area (Å²) in [5.74, 6) is 2.01. The fourth-order valence-corrected chi connectivity index (χ4v) is 7.52. The molecule has 1 aliphatic rings. The van der Waals surface area contributed by atoms with Gasteiger partial charge in [0.25, 0.3) is 0 Å². The zero-order valence-electron chi connectivity index (χ0n) is 25.5. The zero-order chi connectivity index (χ0) is 30.5. The molecule has 6 aromatic carbocycles. The van der Waals surface area contributed by atoms with Crippen molar-refractivity contribution in [3.05, 3.63) is 150 Å². The van der Waals surface area contributed by atoms with Crippen LogP contribution in [-0.2, 0) is 5.41 Å². The minimum Gasteiger partial charge on any atom is -0.208 e. The van der Waals surface area contributed by atoms with Crippen molar-refractivity contribution in [1.82, 2.24) is 15.0 Å². The number of benzene rings is 6. The number of aromatic nitrogens is 3. The summed E-state index contributed by atoms with van der Waals surface area (Å²) in [6.45, 7) is 6.77. The first-order valence-electron chi connectivity index (χ1n) is 15.3. The molecule has 0 radical (unpaired) electrons. The van der Waals surface area contributed by atoms with Crippen LogP contribution in [0.1, 0.15) is 30.5 Å². The fourth-order valence-electron chi connectivity index (χ4n) is 6.47. The summed E-state index contributed by atoms with van der Waals surface area (Å²) in [5.41, 5.74) is 9.35. The highest BCUT2D eigenvalue weighted by Gasteiger charge is 2.35. The molecule has 0 saturated carbocycles. The van der Waals surface area contributed by atoms with Gasteiger partial charge in [-0.15, -0.1) is 0 Å². The maximum Gasteiger partial charge on any atom is 0.164 e. The third-order valence-electron chi connectivity index (χ3n) is 8.92. The van der Waals surface area contributed by atoms with E-state index in [9.17, 15) is 0 Å². The van der Waals surface area contributed by atoms with E-state index in [2.05, 4.69) is 136 Å². The second-order valence-corrected chi connectivity index (χ2v) is 13.2. The van der Waals surface area contributed by atoms with Gasteiger partial charge >= 0.3 is 0 Å². The van der Waals surface area contributed by atoms with Crippen molar-refractivity contribution in [2.75, 3.05) is 0 Å². The molecule has 216 valence electrons. The molecular weight excluding hydrogens is 567 g/mol. The molecule has 0 saturated heterocycles. The standard InChI is InChI=1S/C41H31N3S/c1-26-12-7-10-18-36(26)45-37-19-11-15-28-24-29(20-22-31(28)37)39-42-38(27-13-5-4-6-14-27)43-40(44-39)30-21-23-33-32-16-8-9-17-34(32)41(2,3)35(33)25-30/h4-25H,1-3H3. The van der Waals surface area contributed by atoms with Crippen LogP contribution in [0.2, 0.25) is 0 Å². The normalized spacial score (nSPS) is 13.0. The summed E-state index contributed by atoms with van der Waals surface area (Å²) in [4.78, 5) is 17.6. The zero-order valence-corrected chi connectivity index (χ0v) is 26.3. The van der Waals surface area contributed by atoms with Gasteiger partial charge in [-0.3, -0.25) is 0 Å². The van der Waals surface area contributed by atoms with E-state index < -0.39 is 0 Å². The van der Waals surface area contributed by atoms with E-state index in [4.69, 9.17) is 15.0 Å². The van der Waals surface area contributed by atoms with Gasteiger partial charge in [-0.05, 0) is 69.8 Å². The van der Waals surface area contributed by atoms with Gasteiger partial charge in [-0.25, -0.2) is 15.0 Å². The quantitative estimate of drug-likeness (QED) is 0.198. The second-order valence-electron chi connectivity index (χ2n) is 12.2. The molecule has 0 atom stereocenters. The Kier molecular flexibility index (Phi) is 6.62. The molecule has 0 amide bonds. The molecule has 4 heteroatoms. The SMILES string of the molecule is Cc1ccccc1Sc1cccc2cc(-c3nc(-c4ccccc4)nc(-c4ccc5c(c4)C(C)(C)c4ccccc4-5)n3)ccc12. The molecule has 0 aliphatic heterocycles. The molecule has 8 rings (SSSR count). The van der Waals surface area contributed by atoms with Gasteiger partial charge in [-0.1, -0.05) is 135 Å². The van der Waals surface area contributed by atoms with Crippen molar-refractivity contribution >= 4 is 22.5 Å². The minimum absolute atomic E-state index is 0.105. The number of hydrogen-bond donors (Lipinski definition) is 0. The van der Waals surface area contributed by atoms with Crippen LogP contribution >= 0.6 is 11.8 Å². The molecule has 7 aromatic rings. The van der Waals surface area contributed by atoms with E-state index in [1.165, 1.54) is 43.0 Å².